The van der Waals surface area contributed by atoms with Crippen molar-refractivity contribution in [2.24, 2.45) is 11.7 Å². The molecule has 2 rings (SSSR count). The van der Waals surface area contributed by atoms with Gasteiger partial charge in [0.2, 0.25) is 11.8 Å². The number of carbonyl (C=O) groups excluding carboxylic acids is 2. The highest BCUT2D eigenvalue weighted by Crippen LogP contribution is 2.29. The lowest BCUT2D eigenvalue weighted by molar-refractivity contribution is -0.121. The molecule has 2 atom stereocenters. The second-order valence-corrected chi connectivity index (χ2v) is 5.71. The van der Waals surface area contributed by atoms with E-state index < -0.39 is 0 Å². The van der Waals surface area contributed by atoms with Crippen LogP contribution >= 0.6 is 0 Å². The number of amides is 2. The number of anilines is 2. The van der Waals surface area contributed by atoms with Gasteiger partial charge in [-0.1, -0.05) is 6.42 Å². The number of nitrogens with two attached hydrogens (primary N) is 1. The van der Waals surface area contributed by atoms with E-state index in [1.165, 1.54) is 14.0 Å². The predicted molar refractivity (Wildman–Crippen MR) is 85.9 cm³/mol. The highest BCUT2D eigenvalue weighted by Gasteiger charge is 2.25. The molecule has 1 fully saturated rings. The molecule has 120 valence electrons. The van der Waals surface area contributed by atoms with Gasteiger partial charge < -0.3 is 21.1 Å². The van der Waals surface area contributed by atoms with E-state index in [1.54, 1.807) is 18.2 Å². The fraction of sp³-hybridized carbons (Fsp3) is 0.500. The van der Waals surface area contributed by atoms with Gasteiger partial charge >= 0.3 is 0 Å². The number of benzene rings is 1. The Morgan fingerprint density at radius 3 is 2.68 bits per heavy atom. The largest absolute Gasteiger partial charge is 0.495 e. The van der Waals surface area contributed by atoms with E-state index in [-0.39, 0.29) is 23.8 Å². The number of ether oxygens (including phenoxy) is 1. The van der Waals surface area contributed by atoms with Gasteiger partial charge in [-0.2, -0.15) is 0 Å². The average Bonchev–Trinajstić information content (AvgIpc) is 2.47. The van der Waals surface area contributed by atoms with Crippen LogP contribution in [-0.2, 0) is 9.59 Å². The number of hydrogen-bond donors (Lipinski definition) is 3. The highest BCUT2D eigenvalue weighted by molar-refractivity contribution is 5.95. The number of nitrogens with one attached hydrogen (secondary N) is 2. The molecule has 22 heavy (non-hydrogen) atoms. The molecular weight excluding hydrogens is 282 g/mol. The molecule has 0 spiro atoms. The maximum absolute atomic E-state index is 12.3. The molecule has 4 N–H and O–H groups in total. The van der Waals surface area contributed by atoms with E-state index in [0.29, 0.717) is 17.1 Å². The molecule has 1 aromatic carbocycles. The predicted octanol–water partition coefficient (Wildman–Crippen LogP) is 2.11. The van der Waals surface area contributed by atoms with Crippen LogP contribution in [0.3, 0.4) is 0 Å². The van der Waals surface area contributed by atoms with Crippen LogP contribution in [0.1, 0.15) is 32.6 Å². The van der Waals surface area contributed by atoms with Gasteiger partial charge in [0.25, 0.3) is 0 Å². The molecule has 0 bridgehead atoms. The molecule has 0 aromatic heterocycles. The molecular formula is C16H23N3O3. The van der Waals surface area contributed by atoms with Crippen LogP contribution in [0, 0.1) is 5.92 Å². The minimum atomic E-state index is -0.194. The zero-order valence-electron chi connectivity index (χ0n) is 13.0. The first-order chi connectivity index (χ1) is 10.5. The van der Waals surface area contributed by atoms with Gasteiger partial charge in [0.1, 0.15) is 5.75 Å². The molecule has 1 aliphatic rings. The van der Waals surface area contributed by atoms with Gasteiger partial charge in [-0.3, -0.25) is 9.59 Å². The summed E-state index contributed by atoms with van der Waals surface area (Å²) in [5, 5.41) is 5.59. The molecule has 0 heterocycles. The van der Waals surface area contributed by atoms with Gasteiger partial charge in [0.05, 0.1) is 12.8 Å². The SMILES string of the molecule is COc1ccc(NC(=O)C2CCCC(N)C2)cc1NC(C)=O. The van der Waals surface area contributed by atoms with Crippen LogP contribution < -0.4 is 21.1 Å². The van der Waals surface area contributed by atoms with E-state index in [0.717, 1.165) is 25.7 Å². The molecule has 1 aliphatic carbocycles. The van der Waals surface area contributed by atoms with Gasteiger partial charge in [-0.15, -0.1) is 0 Å². The number of carbonyl (C=O) groups is 2. The van der Waals surface area contributed by atoms with E-state index in [4.69, 9.17) is 10.5 Å². The van der Waals surface area contributed by atoms with Crippen LogP contribution in [0.5, 0.6) is 5.75 Å². The third kappa shape index (κ3) is 4.21. The fourth-order valence-corrected chi connectivity index (χ4v) is 2.78. The Balaban J connectivity index is 2.08. The van der Waals surface area contributed by atoms with Crippen LogP contribution in [0.2, 0.25) is 0 Å². The topological polar surface area (TPSA) is 93.4 Å². The van der Waals surface area contributed by atoms with Crippen LogP contribution in [0.4, 0.5) is 11.4 Å². The Hall–Kier alpha value is -2.08. The lowest BCUT2D eigenvalue weighted by Gasteiger charge is -2.25. The zero-order valence-corrected chi connectivity index (χ0v) is 13.0. The van der Waals surface area contributed by atoms with Crippen molar-refractivity contribution in [3.63, 3.8) is 0 Å². The quantitative estimate of drug-likeness (QED) is 0.794. The highest BCUT2D eigenvalue weighted by atomic mass is 16.5. The Morgan fingerprint density at radius 1 is 1.27 bits per heavy atom. The van der Waals surface area contributed by atoms with Crippen molar-refractivity contribution in [3.8, 4) is 5.75 Å². The standard InChI is InChI=1S/C16H23N3O3/c1-10(20)18-14-9-13(6-7-15(14)22-2)19-16(21)11-4-3-5-12(17)8-11/h6-7,9,11-12H,3-5,8,17H2,1-2H3,(H,18,20)(H,19,21). The minimum Gasteiger partial charge on any atom is -0.495 e. The fourth-order valence-electron chi connectivity index (χ4n) is 2.78. The summed E-state index contributed by atoms with van der Waals surface area (Å²) in [5.41, 5.74) is 7.10. The van der Waals surface area contributed by atoms with Crippen LogP contribution in [-0.4, -0.2) is 25.0 Å². The number of hydrogen-bond acceptors (Lipinski definition) is 4. The summed E-state index contributed by atoms with van der Waals surface area (Å²) in [6.45, 7) is 1.42. The second kappa shape index (κ2) is 7.26. The van der Waals surface area contributed by atoms with E-state index in [9.17, 15) is 9.59 Å². The molecule has 1 aromatic rings. The summed E-state index contributed by atoms with van der Waals surface area (Å²) in [6, 6.07) is 5.27. The first kappa shape index (κ1) is 16.3. The third-order valence-electron chi connectivity index (χ3n) is 3.86. The summed E-state index contributed by atoms with van der Waals surface area (Å²) in [4.78, 5) is 23.5. The van der Waals surface area contributed by atoms with E-state index in [1.807, 2.05) is 0 Å². The summed E-state index contributed by atoms with van der Waals surface area (Å²) in [7, 11) is 1.53. The maximum Gasteiger partial charge on any atom is 0.227 e. The molecule has 0 radical (unpaired) electrons. The van der Waals surface area contributed by atoms with Gasteiger partial charge in [-0.05, 0) is 37.5 Å². The van der Waals surface area contributed by atoms with Crippen molar-refractivity contribution in [1.82, 2.24) is 0 Å². The first-order valence-corrected chi connectivity index (χ1v) is 7.51. The van der Waals surface area contributed by atoms with Crippen LogP contribution in [0.25, 0.3) is 0 Å². The van der Waals surface area contributed by atoms with Crippen molar-refractivity contribution in [2.45, 2.75) is 38.6 Å². The molecule has 0 aliphatic heterocycles. The van der Waals surface area contributed by atoms with Crippen molar-refractivity contribution >= 4 is 23.2 Å². The van der Waals surface area contributed by atoms with Crippen molar-refractivity contribution in [2.75, 3.05) is 17.7 Å². The van der Waals surface area contributed by atoms with Crippen molar-refractivity contribution in [3.05, 3.63) is 18.2 Å². The maximum atomic E-state index is 12.3. The van der Waals surface area contributed by atoms with Crippen molar-refractivity contribution < 1.29 is 14.3 Å². The Morgan fingerprint density at radius 2 is 2.05 bits per heavy atom. The minimum absolute atomic E-state index is 0.0194. The normalized spacial score (nSPS) is 21.0. The lowest BCUT2D eigenvalue weighted by atomic mass is 9.85. The number of rotatable bonds is 4. The molecule has 2 amide bonds. The monoisotopic (exact) mass is 305 g/mol. The van der Waals surface area contributed by atoms with Crippen LogP contribution in [0.15, 0.2) is 18.2 Å². The first-order valence-electron chi connectivity index (χ1n) is 7.51. The van der Waals surface area contributed by atoms with Gasteiger partial charge in [0.15, 0.2) is 0 Å². The Bertz CT molecular complexity index is 560. The molecule has 0 saturated heterocycles. The second-order valence-electron chi connectivity index (χ2n) is 5.71. The smallest absolute Gasteiger partial charge is 0.227 e. The van der Waals surface area contributed by atoms with Gasteiger partial charge in [-0.25, -0.2) is 0 Å². The molecule has 6 nitrogen and oxygen atoms in total. The Labute approximate surface area is 130 Å². The summed E-state index contributed by atoms with van der Waals surface area (Å²) >= 11 is 0. The third-order valence-corrected chi connectivity index (χ3v) is 3.86. The van der Waals surface area contributed by atoms with Crippen molar-refractivity contribution in [1.29, 1.82) is 0 Å². The Kier molecular flexibility index (Phi) is 5.38. The lowest BCUT2D eigenvalue weighted by Crippen LogP contribution is -2.34. The molecule has 6 heteroatoms. The summed E-state index contributed by atoms with van der Waals surface area (Å²) < 4.78 is 5.19. The summed E-state index contributed by atoms with van der Waals surface area (Å²) in [6.07, 6.45) is 3.56. The number of methoxy groups -OCH3 is 1. The molecule has 1 saturated carbocycles. The molecule has 2 unspecified atom stereocenters. The summed E-state index contributed by atoms with van der Waals surface area (Å²) in [5.74, 6) is 0.289. The van der Waals surface area contributed by atoms with Gasteiger partial charge in [0, 0.05) is 24.6 Å². The van der Waals surface area contributed by atoms with E-state index >= 15 is 0 Å². The van der Waals surface area contributed by atoms with E-state index in [2.05, 4.69) is 10.6 Å². The average molecular weight is 305 g/mol. The zero-order chi connectivity index (χ0) is 16.1.